The molecule has 0 unspecified atom stereocenters. The van der Waals surface area contributed by atoms with E-state index >= 15 is 0 Å². The summed E-state index contributed by atoms with van der Waals surface area (Å²) in [6.45, 7) is 0. The fourth-order valence-electron chi connectivity index (χ4n) is 5.02. The first kappa shape index (κ1) is 22.1. The third-order valence-electron chi connectivity index (χ3n) is 6.72. The van der Waals surface area contributed by atoms with Crippen LogP contribution in [0.15, 0.2) is 109 Å². The largest absolute Gasteiger partial charge is 0.223 e. The number of benzene rings is 5. The second kappa shape index (κ2) is 8.77. The lowest BCUT2D eigenvalue weighted by atomic mass is 9.91. The Balaban J connectivity index is 1.38. The van der Waals surface area contributed by atoms with Crippen LogP contribution < -0.4 is 0 Å². The summed E-state index contributed by atoms with van der Waals surface area (Å²) in [6.07, 6.45) is 0. The topological polar surface area (TPSA) is 25.8 Å². The molecule has 7 rings (SSSR count). The maximum absolute atomic E-state index is 13.6. The van der Waals surface area contributed by atoms with E-state index in [0.29, 0.717) is 0 Å². The van der Waals surface area contributed by atoms with Crippen molar-refractivity contribution in [2.24, 2.45) is 0 Å². The summed E-state index contributed by atoms with van der Waals surface area (Å²) in [5.41, 5.74) is 6.99. The summed E-state index contributed by atoms with van der Waals surface area (Å²) < 4.78 is 15.8. The molecule has 37 heavy (non-hydrogen) atoms. The second-order valence-electron chi connectivity index (χ2n) is 8.91. The Morgan fingerprint density at radius 3 is 1.95 bits per heavy atom. The highest BCUT2D eigenvalue weighted by atomic mass is 35.5. The Kier molecular flexibility index (Phi) is 5.24. The minimum Gasteiger partial charge on any atom is -0.216 e. The first-order chi connectivity index (χ1) is 18.2. The average molecular weight is 517 g/mol. The summed E-state index contributed by atoms with van der Waals surface area (Å²) >= 11 is 8.05. The predicted octanol–water partition coefficient (Wildman–Crippen LogP) is 9.79. The molecule has 0 bridgehead atoms. The van der Waals surface area contributed by atoms with Gasteiger partial charge in [0.2, 0.25) is 5.28 Å². The molecule has 0 radical (unpaired) electrons. The highest BCUT2D eigenvalue weighted by Gasteiger charge is 2.16. The van der Waals surface area contributed by atoms with Crippen LogP contribution >= 0.6 is 22.9 Å². The van der Waals surface area contributed by atoms with Crippen molar-refractivity contribution < 1.29 is 4.39 Å². The van der Waals surface area contributed by atoms with E-state index in [4.69, 9.17) is 11.6 Å². The minimum atomic E-state index is -0.239. The lowest BCUT2D eigenvalue weighted by Gasteiger charge is -2.13. The molecule has 0 amide bonds. The molecule has 0 aliphatic heterocycles. The second-order valence-corrected chi connectivity index (χ2v) is 10.3. The van der Waals surface area contributed by atoms with Crippen molar-refractivity contribution in [3.8, 4) is 33.5 Å². The fourth-order valence-corrected chi connectivity index (χ4v) is 6.34. The van der Waals surface area contributed by atoms with Crippen LogP contribution in [0.1, 0.15) is 0 Å². The molecular formula is C32H18ClFN2S. The third kappa shape index (κ3) is 3.77. The lowest BCUT2D eigenvalue weighted by Crippen LogP contribution is -1.90. The van der Waals surface area contributed by atoms with Crippen molar-refractivity contribution in [1.82, 2.24) is 9.97 Å². The Bertz CT molecular complexity index is 1940. The van der Waals surface area contributed by atoms with Crippen LogP contribution in [0.2, 0.25) is 5.28 Å². The van der Waals surface area contributed by atoms with Gasteiger partial charge in [0.05, 0.1) is 15.9 Å². The molecule has 2 nitrogen and oxygen atoms in total. The van der Waals surface area contributed by atoms with Crippen molar-refractivity contribution in [2.45, 2.75) is 0 Å². The van der Waals surface area contributed by atoms with Gasteiger partial charge in [-0.25, -0.2) is 14.4 Å². The van der Waals surface area contributed by atoms with Gasteiger partial charge in [-0.2, -0.15) is 0 Å². The van der Waals surface area contributed by atoms with E-state index < -0.39 is 0 Å². The van der Waals surface area contributed by atoms with E-state index in [-0.39, 0.29) is 11.1 Å². The quantitative estimate of drug-likeness (QED) is 0.218. The van der Waals surface area contributed by atoms with Gasteiger partial charge in [-0.3, -0.25) is 0 Å². The van der Waals surface area contributed by atoms with Crippen LogP contribution in [0, 0.1) is 5.82 Å². The number of aromatic nitrogens is 2. The van der Waals surface area contributed by atoms with E-state index in [1.165, 1.54) is 12.1 Å². The Morgan fingerprint density at radius 1 is 0.622 bits per heavy atom. The minimum absolute atomic E-state index is 0.239. The van der Waals surface area contributed by atoms with Crippen molar-refractivity contribution in [1.29, 1.82) is 0 Å². The number of halogens is 2. The number of hydrogen-bond acceptors (Lipinski definition) is 3. The molecule has 0 fully saturated rings. The highest BCUT2D eigenvalue weighted by molar-refractivity contribution is 7.26. The maximum Gasteiger partial charge on any atom is 0.223 e. The van der Waals surface area contributed by atoms with Crippen molar-refractivity contribution in [2.75, 3.05) is 0 Å². The predicted molar refractivity (Wildman–Crippen MR) is 154 cm³/mol. The van der Waals surface area contributed by atoms with Crippen LogP contribution in [0.4, 0.5) is 4.39 Å². The summed E-state index contributed by atoms with van der Waals surface area (Å²) in [5.74, 6) is -0.239. The zero-order valence-electron chi connectivity index (χ0n) is 19.5. The van der Waals surface area contributed by atoms with Crippen LogP contribution in [-0.2, 0) is 0 Å². The Morgan fingerprint density at radius 2 is 1.24 bits per heavy atom. The van der Waals surface area contributed by atoms with Gasteiger partial charge in [-0.15, -0.1) is 11.3 Å². The number of fused-ring (bicyclic) bond motifs is 4. The molecule has 5 aromatic carbocycles. The third-order valence-corrected chi connectivity index (χ3v) is 8.06. The normalized spacial score (nSPS) is 11.5. The van der Waals surface area contributed by atoms with Crippen molar-refractivity contribution in [3.05, 3.63) is 120 Å². The van der Waals surface area contributed by atoms with Crippen molar-refractivity contribution in [3.63, 3.8) is 0 Å². The van der Waals surface area contributed by atoms with E-state index in [2.05, 4.69) is 76.7 Å². The first-order valence-electron chi connectivity index (χ1n) is 11.9. The maximum atomic E-state index is 13.6. The van der Waals surface area contributed by atoms with Gasteiger partial charge in [0.15, 0.2) is 0 Å². The zero-order chi connectivity index (χ0) is 24.9. The van der Waals surface area contributed by atoms with Gasteiger partial charge >= 0.3 is 0 Å². The van der Waals surface area contributed by atoms with Gasteiger partial charge in [0.1, 0.15) is 5.82 Å². The SMILES string of the molecule is Fc1ccc(-c2cccc3cccc(-c4ccc(-c5nc(Cl)nc6c5sc5ccccc56)cc4)c23)cc1. The number of thiophene rings is 1. The lowest BCUT2D eigenvalue weighted by molar-refractivity contribution is 0.628. The molecule has 0 aliphatic rings. The van der Waals surface area contributed by atoms with E-state index in [0.717, 1.165) is 64.6 Å². The van der Waals surface area contributed by atoms with Gasteiger partial charge < -0.3 is 0 Å². The summed E-state index contributed by atoms with van der Waals surface area (Å²) in [4.78, 5) is 9.15. The molecule has 7 aromatic rings. The standard InChI is InChI=1S/C32H18ClFN2S/c33-32-35-29(31-30(36-32)26-7-1-2-10-27(26)37-31)22-13-11-19(12-14-22)24-8-3-5-21-6-4-9-25(28(21)24)20-15-17-23(34)18-16-20/h1-18H. The molecule has 0 saturated heterocycles. The van der Waals surface area contributed by atoms with Gasteiger partial charge in [-0.1, -0.05) is 91.0 Å². The fraction of sp³-hybridized carbons (Fsp3) is 0. The highest BCUT2D eigenvalue weighted by Crippen LogP contribution is 2.40. The molecule has 0 saturated carbocycles. The van der Waals surface area contributed by atoms with Gasteiger partial charge in [0.25, 0.3) is 0 Å². The molecule has 0 atom stereocenters. The Labute approximate surface area is 221 Å². The smallest absolute Gasteiger partial charge is 0.216 e. The van der Waals surface area contributed by atoms with Crippen LogP contribution in [0.5, 0.6) is 0 Å². The molecule has 0 aliphatic carbocycles. The molecule has 2 heterocycles. The van der Waals surface area contributed by atoms with Crippen LogP contribution in [0.3, 0.4) is 0 Å². The average Bonchev–Trinajstić information content (AvgIpc) is 3.31. The molecule has 5 heteroatoms. The molecule has 0 spiro atoms. The first-order valence-corrected chi connectivity index (χ1v) is 13.1. The molecule has 176 valence electrons. The number of rotatable bonds is 3. The Hall–Kier alpha value is -4.12. The van der Waals surface area contributed by atoms with Gasteiger partial charge in [-0.05, 0) is 62.8 Å². The van der Waals surface area contributed by atoms with Crippen LogP contribution in [-0.4, -0.2) is 9.97 Å². The van der Waals surface area contributed by atoms with E-state index in [1.54, 1.807) is 11.3 Å². The van der Waals surface area contributed by atoms with E-state index in [1.807, 2.05) is 30.3 Å². The van der Waals surface area contributed by atoms with E-state index in [9.17, 15) is 4.39 Å². The number of nitrogens with zero attached hydrogens (tertiary/aromatic N) is 2. The summed E-state index contributed by atoms with van der Waals surface area (Å²) in [6, 6.07) is 35.9. The molecule has 2 aromatic heterocycles. The zero-order valence-corrected chi connectivity index (χ0v) is 21.0. The number of hydrogen-bond donors (Lipinski definition) is 0. The van der Waals surface area contributed by atoms with Gasteiger partial charge in [0, 0.05) is 15.6 Å². The summed E-state index contributed by atoms with van der Waals surface area (Å²) in [7, 11) is 0. The van der Waals surface area contributed by atoms with Crippen molar-refractivity contribution >= 4 is 54.0 Å². The van der Waals surface area contributed by atoms with Crippen LogP contribution in [0.25, 0.3) is 64.6 Å². The molecule has 0 N–H and O–H groups in total. The monoisotopic (exact) mass is 516 g/mol. The molecular weight excluding hydrogens is 499 g/mol. The summed E-state index contributed by atoms with van der Waals surface area (Å²) in [5, 5.41) is 3.61.